The van der Waals surface area contributed by atoms with Crippen molar-refractivity contribution >= 4 is 44.8 Å². The smallest absolute Gasteiger partial charge is 0.0998 e. The van der Waals surface area contributed by atoms with Crippen LogP contribution in [-0.4, -0.2) is 4.98 Å². The minimum atomic E-state index is 0.597. The molecule has 120 valence electrons. The fraction of sp³-hybridized carbons (Fsp3) is 0. The van der Waals surface area contributed by atoms with Crippen LogP contribution in [-0.2, 0) is 0 Å². The number of hydrogen-bond donors (Lipinski definition) is 3. The number of hydrogen-bond acceptors (Lipinski definition) is 3. The lowest BCUT2D eigenvalue weighted by Gasteiger charge is -2.01. The van der Waals surface area contributed by atoms with E-state index in [1.165, 1.54) is 0 Å². The molecule has 3 aromatic carbocycles. The van der Waals surface area contributed by atoms with Crippen LogP contribution in [0.15, 0.2) is 60.7 Å². The van der Waals surface area contributed by atoms with Gasteiger partial charge in [-0.15, -0.1) is 0 Å². The minimum absolute atomic E-state index is 0.597. The standard InChI is InChI=1S/C21H16N4/c22-12-15(14-2-4-16(23)5-3-14)9-13-1-7-18-19-11-17(24)6-8-20(19)25-21(18)10-13/h1-11,25H,23-24H2/b15-9+. The van der Waals surface area contributed by atoms with Gasteiger partial charge in [0.25, 0.3) is 0 Å². The summed E-state index contributed by atoms with van der Waals surface area (Å²) in [6.07, 6.45) is 1.88. The Balaban J connectivity index is 1.82. The Bertz CT molecular complexity index is 1160. The highest BCUT2D eigenvalue weighted by Crippen LogP contribution is 2.29. The first-order chi connectivity index (χ1) is 12.1. The quantitative estimate of drug-likeness (QED) is 0.287. The van der Waals surface area contributed by atoms with Gasteiger partial charge in [0.2, 0.25) is 0 Å². The van der Waals surface area contributed by atoms with Crippen molar-refractivity contribution < 1.29 is 0 Å². The van der Waals surface area contributed by atoms with E-state index in [-0.39, 0.29) is 0 Å². The Labute approximate surface area is 145 Å². The number of nitrogens with one attached hydrogen (secondary N) is 1. The average Bonchev–Trinajstić information content (AvgIpc) is 2.97. The second kappa shape index (κ2) is 5.73. The Morgan fingerprint density at radius 3 is 2.36 bits per heavy atom. The number of aromatic nitrogens is 1. The minimum Gasteiger partial charge on any atom is -0.399 e. The first-order valence-corrected chi connectivity index (χ1v) is 7.93. The number of anilines is 2. The van der Waals surface area contributed by atoms with Crippen molar-refractivity contribution in [1.29, 1.82) is 5.26 Å². The van der Waals surface area contributed by atoms with Gasteiger partial charge in [-0.1, -0.05) is 24.3 Å². The van der Waals surface area contributed by atoms with Crippen LogP contribution in [0.2, 0.25) is 0 Å². The molecule has 0 aliphatic rings. The molecule has 0 radical (unpaired) electrons. The van der Waals surface area contributed by atoms with Gasteiger partial charge in [-0.3, -0.25) is 0 Å². The largest absolute Gasteiger partial charge is 0.399 e. The summed E-state index contributed by atoms with van der Waals surface area (Å²) in [5.41, 5.74) is 17.5. The van der Waals surface area contributed by atoms with Gasteiger partial charge in [-0.25, -0.2) is 0 Å². The molecule has 0 unspecified atom stereocenters. The third-order valence-corrected chi connectivity index (χ3v) is 4.30. The van der Waals surface area contributed by atoms with Crippen molar-refractivity contribution in [2.75, 3.05) is 11.5 Å². The Morgan fingerprint density at radius 2 is 1.60 bits per heavy atom. The lowest BCUT2D eigenvalue weighted by atomic mass is 10.0. The molecule has 4 aromatic rings. The first kappa shape index (κ1) is 14.9. The lowest BCUT2D eigenvalue weighted by Crippen LogP contribution is -1.86. The fourth-order valence-corrected chi connectivity index (χ4v) is 3.04. The van der Waals surface area contributed by atoms with Crippen molar-refractivity contribution in [1.82, 2.24) is 4.98 Å². The van der Waals surface area contributed by atoms with Crippen LogP contribution in [0.25, 0.3) is 33.5 Å². The van der Waals surface area contributed by atoms with E-state index < -0.39 is 0 Å². The summed E-state index contributed by atoms with van der Waals surface area (Å²) < 4.78 is 0. The molecule has 25 heavy (non-hydrogen) atoms. The average molecular weight is 324 g/mol. The molecule has 0 amide bonds. The van der Waals surface area contributed by atoms with Gasteiger partial charge in [0.1, 0.15) is 0 Å². The third-order valence-electron chi connectivity index (χ3n) is 4.30. The highest BCUT2D eigenvalue weighted by Gasteiger charge is 2.06. The molecule has 1 aromatic heterocycles. The van der Waals surface area contributed by atoms with Gasteiger partial charge in [0.15, 0.2) is 0 Å². The van der Waals surface area contributed by atoms with Gasteiger partial charge in [0, 0.05) is 33.2 Å². The predicted molar refractivity (Wildman–Crippen MR) is 105 cm³/mol. The summed E-state index contributed by atoms with van der Waals surface area (Å²) in [5, 5.41) is 11.7. The molecule has 0 bridgehead atoms. The van der Waals surface area contributed by atoms with E-state index in [4.69, 9.17) is 11.5 Å². The third kappa shape index (κ3) is 2.68. The second-order valence-corrected chi connectivity index (χ2v) is 6.03. The number of H-pyrrole nitrogens is 1. The van der Waals surface area contributed by atoms with E-state index >= 15 is 0 Å². The molecule has 0 saturated heterocycles. The summed E-state index contributed by atoms with van der Waals surface area (Å²) in [7, 11) is 0. The Morgan fingerprint density at radius 1 is 0.840 bits per heavy atom. The number of aromatic amines is 1. The van der Waals surface area contributed by atoms with Gasteiger partial charge in [-0.2, -0.15) is 5.26 Å². The van der Waals surface area contributed by atoms with Crippen LogP contribution in [0.4, 0.5) is 11.4 Å². The molecular formula is C21H16N4. The monoisotopic (exact) mass is 324 g/mol. The summed E-state index contributed by atoms with van der Waals surface area (Å²) in [6, 6.07) is 21.5. The van der Waals surface area contributed by atoms with Crippen molar-refractivity contribution in [2.24, 2.45) is 0 Å². The van der Waals surface area contributed by atoms with Crippen LogP contribution in [0.5, 0.6) is 0 Å². The lowest BCUT2D eigenvalue weighted by molar-refractivity contribution is 1.52. The van der Waals surface area contributed by atoms with E-state index in [2.05, 4.69) is 17.1 Å². The van der Waals surface area contributed by atoms with Crippen LogP contribution >= 0.6 is 0 Å². The maximum Gasteiger partial charge on any atom is 0.0998 e. The van der Waals surface area contributed by atoms with Crippen LogP contribution in [0.1, 0.15) is 11.1 Å². The number of nitrogen functional groups attached to an aromatic ring is 2. The number of allylic oxidation sites excluding steroid dienone is 1. The van der Waals surface area contributed by atoms with Gasteiger partial charge >= 0.3 is 0 Å². The van der Waals surface area contributed by atoms with Gasteiger partial charge in [-0.05, 0) is 53.6 Å². The van der Waals surface area contributed by atoms with Crippen LogP contribution < -0.4 is 11.5 Å². The fourth-order valence-electron chi connectivity index (χ4n) is 3.04. The van der Waals surface area contributed by atoms with Crippen molar-refractivity contribution in [3.63, 3.8) is 0 Å². The number of rotatable bonds is 2. The number of nitrogens with two attached hydrogens (primary N) is 2. The number of nitriles is 1. The SMILES string of the molecule is N#C/C(=C\c1ccc2c(c1)[nH]c1ccc(N)cc12)c1ccc(N)cc1. The van der Waals surface area contributed by atoms with Crippen molar-refractivity contribution in [2.45, 2.75) is 0 Å². The normalized spacial score (nSPS) is 11.7. The topological polar surface area (TPSA) is 91.6 Å². The number of nitrogens with zero attached hydrogens (tertiary/aromatic N) is 1. The molecule has 5 N–H and O–H groups in total. The Hall–Kier alpha value is -3.71. The molecule has 0 spiro atoms. The highest BCUT2D eigenvalue weighted by atomic mass is 14.7. The zero-order valence-electron chi connectivity index (χ0n) is 13.5. The first-order valence-electron chi connectivity index (χ1n) is 7.93. The summed E-state index contributed by atoms with van der Waals surface area (Å²) in [4.78, 5) is 3.40. The summed E-state index contributed by atoms with van der Waals surface area (Å²) >= 11 is 0. The molecule has 0 aliphatic heterocycles. The predicted octanol–water partition coefficient (Wildman–Crippen LogP) is 4.55. The zero-order chi connectivity index (χ0) is 17.4. The van der Waals surface area contributed by atoms with Crippen LogP contribution in [0, 0.1) is 11.3 Å². The van der Waals surface area contributed by atoms with Crippen molar-refractivity contribution in [3.8, 4) is 6.07 Å². The van der Waals surface area contributed by atoms with E-state index in [0.29, 0.717) is 11.3 Å². The molecule has 0 atom stereocenters. The second-order valence-electron chi connectivity index (χ2n) is 6.03. The van der Waals surface area contributed by atoms with Gasteiger partial charge in [0.05, 0.1) is 11.6 Å². The molecule has 1 heterocycles. The molecule has 4 nitrogen and oxygen atoms in total. The maximum atomic E-state index is 9.50. The molecule has 4 heteroatoms. The van der Waals surface area contributed by atoms with Crippen LogP contribution in [0.3, 0.4) is 0 Å². The summed E-state index contributed by atoms with van der Waals surface area (Å²) in [5.74, 6) is 0. The van der Waals surface area contributed by atoms with E-state index in [1.807, 2.05) is 48.5 Å². The van der Waals surface area contributed by atoms with E-state index in [1.54, 1.807) is 12.1 Å². The number of benzene rings is 3. The molecule has 0 fully saturated rings. The number of fused-ring (bicyclic) bond motifs is 3. The molecular weight excluding hydrogens is 308 g/mol. The molecule has 0 aliphatic carbocycles. The molecule has 4 rings (SSSR count). The molecule has 0 saturated carbocycles. The Kier molecular flexibility index (Phi) is 3.41. The maximum absolute atomic E-state index is 9.50. The highest BCUT2D eigenvalue weighted by molar-refractivity contribution is 6.09. The summed E-state index contributed by atoms with van der Waals surface area (Å²) in [6.45, 7) is 0. The zero-order valence-corrected chi connectivity index (χ0v) is 13.5. The van der Waals surface area contributed by atoms with E-state index in [9.17, 15) is 5.26 Å². The van der Waals surface area contributed by atoms with Gasteiger partial charge < -0.3 is 16.5 Å². The van der Waals surface area contributed by atoms with E-state index in [0.717, 1.165) is 38.6 Å². The van der Waals surface area contributed by atoms with Crippen molar-refractivity contribution in [3.05, 3.63) is 71.8 Å².